The molecule has 1 fully saturated rings. The number of aliphatic carboxylic acids is 1. The molecule has 0 bridgehead atoms. The van der Waals surface area contributed by atoms with Crippen molar-refractivity contribution >= 4 is 34.5 Å². The molecular weight excluding hydrogens is 366 g/mol. The zero-order chi connectivity index (χ0) is 19.4. The van der Waals surface area contributed by atoms with Gasteiger partial charge in [-0.05, 0) is 25.0 Å². The van der Waals surface area contributed by atoms with Crippen molar-refractivity contribution in [2.24, 2.45) is 5.92 Å². The number of carboxylic acids is 1. The minimum atomic E-state index is -0.880. The van der Waals surface area contributed by atoms with Gasteiger partial charge in [0, 0.05) is 24.8 Å². The van der Waals surface area contributed by atoms with Crippen molar-refractivity contribution < 1.29 is 14.7 Å². The number of amides is 1. The van der Waals surface area contributed by atoms with Crippen LogP contribution in [0.2, 0.25) is 0 Å². The van der Waals surface area contributed by atoms with E-state index in [9.17, 15) is 14.4 Å². The number of nitrogens with zero attached hydrogens (tertiary/aromatic N) is 2. The van der Waals surface area contributed by atoms with Gasteiger partial charge >= 0.3 is 5.97 Å². The normalized spacial score (nSPS) is 14.9. The molecule has 0 saturated heterocycles. The summed E-state index contributed by atoms with van der Waals surface area (Å²) in [5.74, 6) is 0.263. The quantitative estimate of drug-likeness (QED) is 0.638. The van der Waals surface area contributed by atoms with E-state index in [2.05, 4.69) is 9.97 Å². The van der Waals surface area contributed by atoms with Gasteiger partial charge in [0.05, 0.1) is 22.6 Å². The van der Waals surface area contributed by atoms with Gasteiger partial charge in [-0.1, -0.05) is 19.1 Å². The number of aromatic amines is 1. The average Bonchev–Trinajstić information content (AvgIpc) is 3.48. The van der Waals surface area contributed by atoms with Gasteiger partial charge in [-0.3, -0.25) is 14.4 Å². The Morgan fingerprint density at radius 2 is 2.11 bits per heavy atom. The number of fused-ring (bicyclic) bond motifs is 1. The zero-order valence-corrected chi connectivity index (χ0v) is 16.0. The third kappa shape index (κ3) is 5.09. The molecule has 0 aliphatic heterocycles. The van der Waals surface area contributed by atoms with Crippen LogP contribution < -0.4 is 5.56 Å². The fourth-order valence-corrected chi connectivity index (χ4v) is 3.68. The van der Waals surface area contributed by atoms with Crippen LogP contribution in [-0.4, -0.2) is 50.2 Å². The van der Waals surface area contributed by atoms with Gasteiger partial charge in [0.25, 0.3) is 5.56 Å². The lowest BCUT2D eigenvalue weighted by Gasteiger charge is -2.24. The van der Waals surface area contributed by atoms with Crippen molar-refractivity contribution in [2.75, 3.05) is 12.3 Å². The van der Waals surface area contributed by atoms with Gasteiger partial charge in [0.1, 0.15) is 5.82 Å². The number of para-hydroxylation sites is 1. The van der Waals surface area contributed by atoms with Crippen molar-refractivity contribution in [1.82, 2.24) is 14.9 Å². The Morgan fingerprint density at radius 3 is 2.81 bits per heavy atom. The van der Waals surface area contributed by atoms with Gasteiger partial charge < -0.3 is 15.0 Å². The number of carboxylic acid groups (broad SMARTS) is 1. The van der Waals surface area contributed by atoms with Crippen LogP contribution in [0.4, 0.5) is 0 Å². The van der Waals surface area contributed by atoms with Crippen molar-refractivity contribution in [3.05, 3.63) is 40.4 Å². The lowest BCUT2D eigenvalue weighted by molar-refractivity contribution is -0.143. The zero-order valence-electron chi connectivity index (χ0n) is 15.2. The van der Waals surface area contributed by atoms with Crippen LogP contribution in [0.5, 0.6) is 0 Å². The number of carbonyl (C=O) groups is 2. The molecular formula is C19H23N3O4S. The van der Waals surface area contributed by atoms with Crippen LogP contribution in [-0.2, 0) is 15.3 Å². The minimum Gasteiger partial charge on any atom is -0.481 e. The molecule has 7 nitrogen and oxygen atoms in total. The Morgan fingerprint density at radius 1 is 1.37 bits per heavy atom. The number of hydrogen-bond donors (Lipinski definition) is 2. The fourth-order valence-electron chi connectivity index (χ4n) is 2.89. The fraction of sp³-hybridized carbons (Fsp3) is 0.474. The molecule has 2 N–H and O–H groups in total. The van der Waals surface area contributed by atoms with E-state index in [0.29, 0.717) is 34.7 Å². The molecule has 1 saturated carbocycles. The molecule has 1 amide bonds. The lowest BCUT2D eigenvalue weighted by atomic mass is 10.1. The van der Waals surface area contributed by atoms with Gasteiger partial charge in [-0.15, -0.1) is 0 Å². The highest BCUT2D eigenvalue weighted by Crippen LogP contribution is 2.28. The Labute approximate surface area is 161 Å². The molecule has 1 aliphatic carbocycles. The maximum Gasteiger partial charge on any atom is 0.308 e. The molecule has 1 heterocycles. The third-order valence-corrected chi connectivity index (χ3v) is 5.53. The highest BCUT2D eigenvalue weighted by Gasteiger charge is 2.34. The number of thioether (sulfide) groups is 1. The van der Waals surface area contributed by atoms with Crippen LogP contribution in [0.15, 0.2) is 29.1 Å². The van der Waals surface area contributed by atoms with Crippen molar-refractivity contribution in [3.8, 4) is 0 Å². The second-order valence-electron chi connectivity index (χ2n) is 6.85. The minimum absolute atomic E-state index is 0.00179. The largest absolute Gasteiger partial charge is 0.481 e. The van der Waals surface area contributed by atoms with E-state index in [-0.39, 0.29) is 24.1 Å². The highest BCUT2D eigenvalue weighted by molar-refractivity contribution is 7.98. The molecule has 8 heteroatoms. The predicted octanol–water partition coefficient (Wildman–Crippen LogP) is 2.26. The summed E-state index contributed by atoms with van der Waals surface area (Å²) < 4.78 is 0. The first-order chi connectivity index (χ1) is 13.0. The molecule has 2 aromatic rings. The summed E-state index contributed by atoms with van der Waals surface area (Å²) in [5.41, 5.74) is 0.505. The van der Waals surface area contributed by atoms with Crippen molar-refractivity contribution in [2.45, 2.75) is 38.0 Å². The lowest BCUT2D eigenvalue weighted by Crippen LogP contribution is -2.38. The van der Waals surface area contributed by atoms with Gasteiger partial charge in [-0.25, -0.2) is 4.98 Å². The summed E-state index contributed by atoms with van der Waals surface area (Å²) in [6.07, 6.45) is 2.26. The Balaban J connectivity index is 1.51. The molecule has 1 unspecified atom stereocenters. The second kappa shape index (κ2) is 8.56. The van der Waals surface area contributed by atoms with E-state index in [4.69, 9.17) is 5.11 Å². The van der Waals surface area contributed by atoms with E-state index < -0.39 is 11.9 Å². The molecule has 0 spiro atoms. The Bertz CT molecular complexity index is 894. The van der Waals surface area contributed by atoms with Crippen LogP contribution >= 0.6 is 11.8 Å². The first-order valence-corrected chi connectivity index (χ1v) is 10.2. The number of carbonyl (C=O) groups excluding carboxylic acids is 1. The first-order valence-electron chi connectivity index (χ1n) is 9.03. The number of rotatable bonds is 9. The maximum absolute atomic E-state index is 12.5. The summed E-state index contributed by atoms with van der Waals surface area (Å²) in [5, 5.41) is 9.64. The van der Waals surface area contributed by atoms with Crippen LogP contribution in [0.25, 0.3) is 10.9 Å². The van der Waals surface area contributed by atoms with Crippen molar-refractivity contribution in [3.63, 3.8) is 0 Å². The Hall–Kier alpha value is -2.35. The van der Waals surface area contributed by atoms with E-state index in [0.717, 1.165) is 12.8 Å². The smallest absolute Gasteiger partial charge is 0.308 e. The number of nitrogens with one attached hydrogen (secondary N) is 1. The predicted molar refractivity (Wildman–Crippen MR) is 105 cm³/mol. The van der Waals surface area contributed by atoms with E-state index >= 15 is 0 Å². The SMILES string of the molecule is CC(CN(C(=O)CCSCc1nc2ccccc2c(=O)[nH]1)C1CC1)C(=O)O. The third-order valence-electron chi connectivity index (χ3n) is 4.56. The summed E-state index contributed by atoms with van der Waals surface area (Å²) in [6, 6.07) is 7.38. The summed E-state index contributed by atoms with van der Waals surface area (Å²) in [6.45, 7) is 1.89. The van der Waals surface area contributed by atoms with Crippen LogP contribution in [0, 0.1) is 5.92 Å². The van der Waals surface area contributed by atoms with Gasteiger partial charge in [-0.2, -0.15) is 11.8 Å². The number of hydrogen-bond acceptors (Lipinski definition) is 5. The first kappa shape index (κ1) is 19.4. The molecule has 0 radical (unpaired) electrons. The standard InChI is InChI=1S/C19H23N3O4S/c1-12(19(25)26)10-22(13-6-7-13)17(23)8-9-27-11-16-20-15-5-3-2-4-14(15)18(24)21-16/h2-5,12-13H,6-11H2,1H3,(H,25,26)(H,20,21,24). The van der Waals surface area contributed by atoms with Gasteiger partial charge in [0.2, 0.25) is 5.91 Å². The topological polar surface area (TPSA) is 103 Å². The number of aromatic nitrogens is 2. The number of H-pyrrole nitrogens is 1. The van der Waals surface area contributed by atoms with E-state index in [1.165, 1.54) is 11.8 Å². The summed E-state index contributed by atoms with van der Waals surface area (Å²) in [7, 11) is 0. The second-order valence-corrected chi connectivity index (χ2v) is 7.95. The summed E-state index contributed by atoms with van der Waals surface area (Å²) >= 11 is 1.53. The molecule has 144 valence electrons. The molecule has 1 aliphatic rings. The Kier molecular flexibility index (Phi) is 6.15. The molecule has 1 aromatic carbocycles. The average molecular weight is 389 g/mol. The van der Waals surface area contributed by atoms with Crippen LogP contribution in [0.1, 0.15) is 32.0 Å². The molecule has 27 heavy (non-hydrogen) atoms. The number of benzene rings is 1. The van der Waals surface area contributed by atoms with E-state index in [1.54, 1.807) is 30.0 Å². The van der Waals surface area contributed by atoms with Crippen molar-refractivity contribution in [1.29, 1.82) is 0 Å². The monoisotopic (exact) mass is 389 g/mol. The van der Waals surface area contributed by atoms with Crippen LogP contribution in [0.3, 0.4) is 0 Å². The molecule has 1 aromatic heterocycles. The molecule has 1 atom stereocenters. The highest BCUT2D eigenvalue weighted by atomic mass is 32.2. The summed E-state index contributed by atoms with van der Waals surface area (Å²) in [4.78, 5) is 44.5. The van der Waals surface area contributed by atoms with E-state index in [1.807, 2.05) is 6.07 Å². The maximum atomic E-state index is 12.5. The van der Waals surface area contributed by atoms with Gasteiger partial charge in [0.15, 0.2) is 0 Å². The molecule has 3 rings (SSSR count).